The first-order chi connectivity index (χ1) is 7.16. The van der Waals surface area contributed by atoms with Crippen molar-refractivity contribution in [1.29, 1.82) is 0 Å². The average Bonchev–Trinajstić information content (AvgIpc) is 2.22. The van der Waals surface area contributed by atoms with E-state index in [4.69, 9.17) is 10.5 Å². The second-order valence-electron chi connectivity index (χ2n) is 3.53. The van der Waals surface area contributed by atoms with Crippen LogP contribution in [0.2, 0.25) is 0 Å². The maximum Gasteiger partial charge on any atom is 0.222 e. The highest BCUT2D eigenvalue weighted by molar-refractivity contribution is 5.42. The summed E-state index contributed by atoms with van der Waals surface area (Å²) < 4.78 is 18.8. The number of halogens is 1. The van der Waals surface area contributed by atoms with E-state index in [-0.39, 0.29) is 17.9 Å². The number of nitrogens with two attached hydrogens (primary N) is 1. The van der Waals surface area contributed by atoms with Crippen molar-refractivity contribution in [3.8, 4) is 0 Å². The highest BCUT2D eigenvalue weighted by Crippen LogP contribution is 2.18. The molecule has 0 aromatic carbocycles. The van der Waals surface area contributed by atoms with Crippen molar-refractivity contribution in [3.05, 3.63) is 12.0 Å². The number of nitrogen functional groups attached to an aromatic ring is 1. The third kappa shape index (κ3) is 2.15. The van der Waals surface area contributed by atoms with E-state index in [9.17, 15) is 4.39 Å². The second kappa shape index (κ2) is 3.98. The largest absolute Gasteiger partial charge is 0.375 e. The van der Waals surface area contributed by atoms with Crippen molar-refractivity contribution < 1.29 is 9.13 Å². The lowest BCUT2D eigenvalue weighted by atomic mass is 10.3. The topological polar surface area (TPSA) is 64.3 Å². The second-order valence-corrected chi connectivity index (χ2v) is 3.53. The van der Waals surface area contributed by atoms with Gasteiger partial charge in [0.05, 0.1) is 18.9 Å². The number of rotatable bonds is 1. The van der Waals surface area contributed by atoms with Crippen LogP contribution in [0.3, 0.4) is 0 Å². The normalized spacial score (nSPS) is 21.7. The Morgan fingerprint density at radius 3 is 3.20 bits per heavy atom. The molecule has 6 heteroatoms. The van der Waals surface area contributed by atoms with Crippen LogP contribution >= 0.6 is 0 Å². The van der Waals surface area contributed by atoms with Crippen LogP contribution in [0.1, 0.15) is 6.92 Å². The molecule has 2 rings (SSSR count). The first kappa shape index (κ1) is 10.1. The van der Waals surface area contributed by atoms with E-state index >= 15 is 0 Å². The van der Waals surface area contributed by atoms with Gasteiger partial charge in [-0.3, -0.25) is 0 Å². The van der Waals surface area contributed by atoms with Crippen LogP contribution < -0.4 is 10.6 Å². The van der Waals surface area contributed by atoms with E-state index in [2.05, 4.69) is 9.97 Å². The van der Waals surface area contributed by atoms with Crippen molar-refractivity contribution >= 4 is 11.8 Å². The van der Waals surface area contributed by atoms with Gasteiger partial charge in [0, 0.05) is 13.1 Å². The fraction of sp³-hybridized carbons (Fsp3) is 0.556. The van der Waals surface area contributed by atoms with Crippen molar-refractivity contribution in [1.82, 2.24) is 9.97 Å². The Bertz CT molecular complexity index is 360. The Morgan fingerprint density at radius 2 is 2.47 bits per heavy atom. The molecule has 1 saturated heterocycles. The van der Waals surface area contributed by atoms with Crippen LogP contribution in [0, 0.1) is 5.82 Å². The van der Waals surface area contributed by atoms with Gasteiger partial charge in [0.1, 0.15) is 0 Å². The van der Waals surface area contributed by atoms with E-state index in [0.29, 0.717) is 19.7 Å². The van der Waals surface area contributed by atoms with E-state index in [1.54, 1.807) is 0 Å². The monoisotopic (exact) mass is 212 g/mol. The lowest BCUT2D eigenvalue weighted by Gasteiger charge is -2.32. The number of ether oxygens (including phenoxy) is 1. The van der Waals surface area contributed by atoms with Crippen LogP contribution in [0.4, 0.5) is 16.2 Å². The van der Waals surface area contributed by atoms with Gasteiger partial charge < -0.3 is 15.4 Å². The van der Waals surface area contributed by atoms with Gasteiger partial charge in [-0.15, -0.1) is 0 Å². The summed E-state index contributed by atoms with van der Waals surface area (Å²) in [5, 5.41) is 0. The maximum atomic E-state index is 13.4. The number of aromatic nitrogens is 2. The Balaban J connectivity index is 2.24. The highest BCUT2D eigenvalue weighted by atomic mass is 19.1. The number of nitrogens with zero attached hydrogens (tertiary/aromatic N) is 3. The van der Waals surface area contributed by atoms with Gasteiger partial charge in [-0.2, -0.15) is 4.98 Å². The molecular formula is C9H13FN4O. The molecule has 1 atom stereocenters. The van der Waals surface area contributed by atoms with E-state index in [1.807, 2.05) is 11.8 Å². The third-order valence-electron chi connectivity index (χ3n) is 2.28. The Kier molecular flexibility index (Phi) is 2.68. The number of anilines is 2. The molecule has 2 N–H and O–H groups in total. The molecule has 82 valence electrons. The Labute approximate surface area is 87.1 Å². The van der Waals surface area contributed by atoms with Crippen molar-refractivity contribution in [2.24, 2.45) is 0 Å². The van der Waals surface area contributed by atoms with Crippen LogP contribution in [0.15, 0.2) is 6.20 Å². The van der Waals surface area contributed by atoms with Gasteiger partial charge in [0.15, 0.2) is 11.6 Å². The Hall–Kier alpha value is -1.43. The minimum Gasteiger partial charge on any atom is -0.375 e. The van der Waals surface area contributed by atoms with Crippen LogP contribution in [-0.4, -0.2) is 35.8 Å². The molecule has 1 unspecified atom stereocenters. The van der Waals surface area contributed by atoms with Crippen LogP contribution in [0.5, 0.6) is 0 Å². The fourth-order valence-electron chi connectivity index (χ4n) is 1.60. The minimum atomic E-state index is -0.446. The summed E-state index contributed by atoms with van der Waals surface area (Å²) in [6.07, 6.45) is 1.17. The van der Waals surface area contributed by atoms with Gasteiger partial charge in [-0.05, 0) is 6.92 Å². The first-order valence-electron chi connectivity index (χ1n) is 4.81. The molecule has 5 nitrogen and oxygen atoms in total. The molecule has 0 spiro atoms. The zero-order chi connectivity index (χ0) is 10.8. The molecule has 1 aromatic rings. The zero-order valence-corrected chi connectivity index (χ0v) is 8.48. The zero-order valence-electron chi connectivity index (χ0n) is 8.48. The maximum absolute atomic E-state index is 13.4. The van der Waals surface area contributed by atoms with Crippen LogP contribution in [0.25, 0.3) is 0 Å². The first-order valence-corrected chi connectivity index (χ1v) is 4.81. The van der Waals surface area contributed by atoms with Crippen LogP contribution in [-0.2, 0) is 4.74 Å². The quantitative estimate of drug-likeness (QED) is 0.731. The summed E-state index contributed by atoms with van der Waals surface area (Å²) in [4.78, 5) is 9.30. The minimum absolute atomic E-state index is 0.0781. The number of hydrogen-bond acceptors (Lipinski definition) is 5. The lowest BCUT2D eigenvalue weighted by molar-refractivity contribution is 0.0527. The van der Waals surface area contributed by atoms with Gasteiger partial charge in [-0.1, -0.05) is 0 Å². The molecule has 0 aliphatic carbocycles. The smallest absolute Gasteiger partial charge is 0.222 e. The molecule has 1 fully saturated rings. The van der Waals surface area contributed by atoms with Crippen molar-refractivity contribution in [2.45, 2.75) is 13.0 Å². The lowest BCUT2D eigenvalue weighted by Crippen LogP contribution is -2.42. The molecular weight excluding hydrogens is 199 g/mol. The highest BCUT2D eigenvalue weighted by Gasteiger charge is 2.21. The average molecular weight is 212 g/mol. The molecule has 0 saturated carbocycles. The molecule has 0 amide bonds. The SMILES string of the molecule is CC1CN(c2nc(N)ncc2F)CCO1. The van der Waals surface area contributed by atoms with Gasteiger partial charge >= 0.3 is 0 Å². The predicted octanol–water partition coefficient (Wildman–Crippen LogP) is 0.423. The summed E-state index contributed by atoms with van der Waals surface area (Å²) in [6, 6.07) is 0. The standard InChI is InChI=1S/C9H13FN4O/c1-6-5-14(2-3-15-6)8-7(10)4-12-9(11)13-8/h4,6H,2-3,5H2,1H3,(H2,11,12,13). The molecule has 0 bridgehead atoms. The third-order valence-corrected chi connectivity index (χ3v) is 2.28. The summed E-state index contributed by atoms with van der Waals surface area (Å²) in [7, 11) is 0. The van der Waals surface area contributed by atoms with Gasteiger partial charge in [-0.25, -0.2) is 9.37 Å². The molecule has 2 heterocycles. The molecule has 1 aliphatic heterocycles. The van der Waals surface area contributed by atoms with E-state index in [0.717, 1.165) is 6.20 Å². The number of hydrogen-bond donors (Lipinski definition) is 1. The molecule has 1 aliphatic rings. The van der Waals surface area contributed by atoms with Crippen molar-refractivity contribution in [3.63, 3.8) is 0 Å². The summed E-state index contributed by atoms with van der Waals surface area (Å²) in [5.74, 6) is -0.0958. The van der Waals surface area contributed by atoms with E-state index in [1.165, 1.54) is 0 Å². The number of morpholine rings is 1. The van der Waals surface area contributed by atoms with Gasteiger partial charge in [0.25, 0.3) is 0 Å². The molecule has 0 radical (unpaired) electrons. The predicted molar refractivity (Wildman–Crippen MR) is 54.0 cm³/mol. The van der Waals surface area contributed by atoms with E-state index < -0.39 is 5.82 Å². The fourth-order valence-corrected chi connectivity index (χ4v) is 1.60. The van der Waals surface area contributed by atoms with Crippen molar-refractivity contribution in [2.75, 3.05) is 30.3 Å². The molecule has 1 aromatic heterocycles. The summed E-state index contributed by atoms with van der Waals surface area (Å²) in [6.45, 7) is 3.75. The molecule has 15 heavy (non-hydrogen) atoms. The van der Waals surface area contributed by atoms with Gasteiger partial charge in [0.2, 0.25) is 5.95 Å². The Morgan fingerprint density at radius 1 is 1.67 bits per heavy atom. The summed E-state index contributed by atoms with van der Waals surface area (Å²) in [5.41, 5.74) is 5.42. The summed E-state index contributed by atoms with van der Waals surface area (Å²) >= 11 is 0.